The minimum absolute atomic E-state index is 0.221. The van der Waals surface area contributed by atoms with E-state index in [2.05, 4.69) is 15.5 Å². The Bertz CT molecular complexity index is 302. The topological polar surface area (TPSA) is 63.0 Å². The number of amides is 1. The van der Waals surface area contributed by atoms with Gasteiger partial charge in [0.2, 0.25) is 0 Å². The molecule has 0 aliphatic heterocycles. The highest BCUT2D eigenvalue weighted by Gasteiger charge is 2.34. The monoisotopic (exact) mass is 255 g/mol. The van der Waals surface area contributed by atoms with Gasteiger partial charge >= 0.3 is 6.09 Å². The number of azo groups is 1. The average molecular weight is 255 g/mol. The van der Waals surface area contributed by atoms with Crippen LogP contribution in [0.2, 0.25) is 0 Å². The Kier molecular flexibility index (Phi) is 5.11. The molecule has 1 rings (SSSR count). The summed E-state index contributed by atoms with van der Waals surface area (Å²) in [5.41, 5.74) is -0.779. The molecular weight excluding hydrogens is 230 g/mol. The molecule has 0 heterocycles. The minimum atomic E-state index is -0.558. The summed E-state index contributed by atoms with van der Waals surface area (Å²) < 4.78 is 4.95. The van der Waals surface area contributed by atoms with Crippen molar-refractivity contribution in [2.75, 3.05) is 6.61 Å². The van der Waals surface area contributed by atoms with Gasteiger partial charge in [-0.1, -0.05) is 6.42 Å². The summed E-state index contributed by atoms with van der Waals surface area (Å²) in [5, 5.41) is 11.6. The molecule has 0 aromatic heterocycles. The van der Waals surface area contributed by atoms with Gasteiger partial charge in [0.15, 0.2) is 5.66 Å². The van der Waals surface area contributed by atoms with Gasteiger partial charge in [-0.15, -0.1) is 0 Å². The van der Waals surface area contributed by atoms with Crippen LogP contribution in [0, 0.1) is 0 Å². The van der Waals surface area contributed by atoms with E-state index in [1.54, 1.807) is 6.92 Å². The molecule has 1 amide bonds. The number of ether oxygens (including phenoxy) is 1. The third-order valence-electron chi connectivity index (χ3n) is 2.83. The molecule has 0 spiro atoms. The van der Waals surface area contributed by atoms with Crippen molar-refractivity contribution >= 4 is 6.09 Å². The van der Waals surface area contributed by atoms with Gasteiger partial charge < -0.3 is 4.74 Å². The van der Waals surface area contributed by atoms with Crippen molar-refractivity contribution in [2.24, 2.45) is 10.2 Å². The zero-order valence-electron chi connectivity index (χ0n) is 12.0. The van der Waals surface area contributed by atoms with Crippen LogP contribution in [0.15, 0.2) is 10.2 Å². The van der Waals surface area contributed by atoms with E-state index in [0.717, 1.165) is 25.7 Å². The van der Waals surface area contributed by atoms with Crippen molar-refractivity contribution in [2.45, 2.75) is 71.0 Å². The molecule has 0 saturated heterocycles. The Morgan fingerprint density at radius 3 is 2.39 bits per heavy atom. The van der Waals surface area contributed by atoms with Gasteiger partial charge in [0.25, 0.3) is 0 Å². The highest BCUT2D eigenvalue weighted by atomic mass is 16.5. The van der Waals surface area contributed by atoms with Crippen molar-refractivity contribution < 1.29 is 9.53 Å². The maximum Gasteiger partial charge on any atom is 0.409 e. The molecule has 1 saturated carbocycles. The molecule has 1 aliphatic rings. The first kappa shape index (κ1) is 14.9. The first-order valence-electron chi connectivity index (χ1n) is 6.76. The summed E-state index contributed by atoms with van der Waals surface area (Å²) in [4.78, 5) is 11.6. The maximum absolute atomic E-state index is 11.6. The van der Waals surface area contributed by atoms with E-state index in [0.29, 0.717) is 6.61 Å². The Balaban J connectivity index is 2.75. The molecule has 18 heavy (non-hydrogen) atoms. The fourth-order valence-corrected chi connectivity index (χ4v) is 1.99. The molecule has 1 aliphatic carbocycles. The Morgan fingerprint density at radius 2 is 1.89 bits per heavy atom. The van der Waals surface area contributed by atoms with E-state index in [1.165, 1.54) is 6.42 Å². The van der Waals surface area contributed by atoms with Crippen LogP contribution in [0.3, 0.4) is 0 Å². The fourth-order valence-electron chi connectivity index (χ4n) is 1.99. The third kappa shape index (κ3) is 5.02. The molecule has 0 bridgehead atoms. The Morgan fingerprint density at radius 1 is 1.28 bits per heavy atom. The second-order valence-corrected chi connectivity index (χ2v) is 5.81. The molecule has 5 heteroatoms. The van der Waals surface area contributed by atoms with Crippen molar-refractivity contribution in [3.63, 3.8) is 0 Å². The molecule has 0 unspecified atom stereocenters. The Labute approximate surface area is 109 Å². The van der Waals surface area contributed by atoms with E-state index < -0.39 is 11.8 Å². The predicted molar refractivity (Wildman–Crippen MR) is 70.6 cm³/mol. The number of hydrogen-bond donors (Lipinski definition) is 1. The zero-order valence-corrected chi connectivity index (χ0v) is 12.0. The highest BCUT2D eigenvalue weighted by molar-refractivity contribution is 5.68. The molecular formula is C13H25N3O2. The number of carbonyl (C=O) groups is 1. The van der Waals surface area contributed by atoms with Crippen LogP contribution < -0.4 is 5.32 Å². The van der Waals surface area contributed by atoms with E-state index >= 15 is 0 Å². The maximum atomic E-state index is 11.6. The van der Waals surface area contributed by atoms with E-state index in [-0.39, 0.29) is 5.54 Å². The second kappa shape index (κ2) is 6.16. The van der Waals surface area contributed by atoms with Crippen LogP contribution in [0.1, 0.15) is 59.8 Å². The van der Waals surface area contributed by atoms with Crippen molar-refractivity contribution in [3.8, 4) is 0 Å². The van der Waals surface area contributed by atoms with Crippen LogP contribution in [0.5, 0.6) is 0 Å². The lowest BCUT2D eigenvalue weighted by molar-refractivity contribution is 0.127. The number of hydrogen-bond acceptors (Lipinski definition) is 4. The van der Waals surface area contributed by atoms with Crippen LogP contribution >= 0.6 is 0 Å². The van der Waals surface area contributed by atoms with E-state index in [4.69, 9.17) is 4.74 Å². The van der Waals surface area contributed by atoms with Gasteiger partial charge in [-0.2, -0.15) is 10.2 Å². The largest absolute Gasteiger partial charge is 0.450 e. The standard InChI is InChI=1S/C13H25N3O2/c1-5-18-11(17)14-13(9-7-6-8-10-13)16-15-12(2,3)4/h5-10H2,1-4H3,(H,14,17)/b16-15+. The SMILES string of the molecule is CCOC(=O)NC1(/N=N/C(C)(C)C)CCCCC1. The zero-order chi connectivity index (χ0) is 13.6. The number of nitrogens with one attached hydrogen (secondary N) is 1. The highest BCUT2D eigenvalue weighted by Crippen LogP contribution is 2.30. The molecule has 0 aromatic carbocycles. The smallest absolute Gasteiger partial charge is 0.409 e. The first-order valence-corrected chi connectivity index (χ1v) is 6.76. The van der Waals surface area contributed by atoms with Gasteiger partial charge in [-0.25, -0.2) is 4.79 Å². The van der Waals surface area contributed by atoms with Crippen LogP contribution in [0.4, 0.5) is 4.79 Å². The van der Waals surface area contributed by atoms with Gasteiger partial charge in [0.1, 0.15) is 0 Å². The van der Waals surface area contributed by atoms with E-state index in [1.807, 2.05) is 20.8 Å². The molecule has 0 aromatic rings. The molecule has 1 fully saturated rings. The van der Waals surface area contributed by atoms with Crippen molar-refractivity contribution in [3.05, 3.63) is 0 Å². The lowest BCUT2D eigenvalue weighted by Crippen LogP contribution is -2.48. The molecule has 5 nitrogen and oxygen atoms in total. The van der Waals surface area contributed by atoms with Crippen LogP contribution in [-0.4, -0.2) is 23.9 Å². The Hall–Kier alpha value is -1.13. The minimum Gasteiger partial charge on any atom is -0.450 e. The number of carbonyl (C=O) groups excluding carboxylic acids is 1. The molecule has 0 radical (unpaired) electrons. The van der Waals surface area contributed by atoms with Gasteiger partial charge in [0.05, 0.1) is 12.1 Å². The average Bonchev–Trinajstić information content (AvgIpc) is 2.27. The summed E-state index contributed by atoms with van der Waals surface area (Å²) in [6.45, 7) is 8.16. The second-order valence-electron chi connectivity index (χ2n) is 5.81. The van der Waals surface area contributed by atoms with Crippen molar-refractivity contribution in [1.29, 1.82) is 0 Å². The fraction of sp³-hybridized carbons (Fsp3) is 0.923. The number of rotatable bonds is 3. The van der Waals surface area contributed by atoms with Gasteiger partial charge in [-0.3, -0.25) is 5.32 Å². The summed E-state index contributed by atoms with van der Waals surface area (Å²) in [7, 11) is 0. The van der Waals surface area contributed by atoms with Gasteiger partial charge in [-0.05, 0) is 53.4 Å². The van der Waals surface area contributed by atoms with Gasteiger partial charge in [0, 0.05) is 0 Å². The lowest BCUT2D eigenvalue weighted by atomic mass is 9.90. The van der Waals surface area contributed by atoms with Crippen molar-refractivity contribution in [1.82, 2.24) is 5.32 Å². The molecule has 1 N–H and O–H groups in total. The molecule has 104 valence electrons. The predicted octanol–water partition coefficient (Wildman–Crippen LogP) is 3.64. The third-order valence-corrected chi connectivity index (χ3v) is 2.83. The lowest BCUT2D eigenvalue weighted by Gasteiger charge is -2.33. The van der Waals surface area contributed by atoms with Crippen LogP contribution in [0.25, 0.3) is 0 Å². The van der Waals surface area contributed by atoms with Crippen LogP contribution in [-0.2, 0) is 4.74 Å². The quantitative estimate of drug-likeness (QED) is 0.782. The molecule has 0 atom stereocenters. The normalized spacial score (nSPS) is 19.8. The van der Waals surface area contributed by atoms with E-state index in [9.17, 15) is 4.79 Å². The summed E-state index contributed by atoms with van der Waals surface area (Å²) in [5.74, 6) is 0. The summed E-state index contributed by atoms with van der Waals surface area (Å²) in [6, 6.07) is 0. The number of alkyl carbamates (subject to hydrolysis) is 1. The summed E-state index contributed by atoms with van der Waals surface area (Å²) >= 11 is 0. The number of nitrogens with zero attached hydrogens (tertiary/aromatic N) is 2. The first-order chi connectivity index (χ1) is 8.37. The summed E-state index contributed by atoms with van der Waals surface area (Å²) in [6.07, 6.45) is 4.60.